The van der Waals surface area contributed by atoms with Crippen molar-refractivity contribution in [2.75, 3.05) is 4.90 Å². The fourth-order valence-corrected chi connectivity index (χ4v) is 1.72. The van der Waals surface area contributed by atoms with Crippen molar-refractivity contribution < 1.29 is 26.7 Å². The molecular weight excluding hydrogens is 295 g/mol. The van der Waals surface area contributed by atoms with Gasteiger partial charge in [-0.2, -0.15) is 22.0 Å². The molecule has 1 rings (SSSR count). The van der Waals surface area contributed by atoms with Crippen molar-refractivity contribution in [2.24, 2.45) is 5.73 Å². The van der Waals surface area contributed by atoms with Gasteiger partial charge in [-0.3, -0.25) is 4.79 Å². The molecule has 0 aliphatic carbocycles. The fraction of sp³-hybridized carbons (Fsp3) is 0.462. The third-order valence-corrected chi connectivity index (χ3v) is 2.81. The first kappa shape index (κ1) is 17.4. The number of carbonyl (C=O) groups is 1. The number of nitrogens with two attached hydrogens (primary N) is 1. The largest absolute Gasteiger partial charge is 0.463 e. The number of amides is 1. The maximum Gasteiger partial charge on any atom is 0.463 e. The van der Waals surface area contributed by atoms with E-state index in [2.05, 4.69) is 0 Å². The fourth-order valence-electron chi connectivity index (χ4n) is 1.72. The predicted molar refractivity (Wildman–Crippen MR) is 68.0 cm³/mol. The molecule has 21 heavy (non-hydrogen) atoms. The minimum absolute atomic E-state index is 0.0453. The lowest BCUT2D eigenvalue weighted by Gasteiger charge is -2.31. The summed E-state index contributed by atoms with van der Waals surface area (Å²) in [6.07, 6.45) is -5.94. The first-order valence-corrected chi connectivity index (χ1v) is 6.09. The Bertz CT molecular complexity index is 496. The average molecular weight is 310 g/mol. The van der Waals surface area contributed by atoms with E-state index in [0.717, 1.165) is 0 Å². The molecule has 0 saturated heterocycles. The summed E-state index contributed by atoms with van der Waals surface area (Å²) in [7, 11) is 0. The van der Waals surface area contributed by atoms with E-state index in [9.17, 15) is 26.7 Å². The average Bonchev–Trinajstić information content (AvgIpc) is 2.37. The Morgan fingerprint density at radius 3 is 1.95 bits per heavy atom. The van der Waals surface area contributed by atoms with Crippen LogP contribution in [0.2, 0.25) is 0 Å². The molecule has 0 bridgehead atoms. The first-order valence-electron chi connectivity index (χ1n) is 6.09. The second kappa shape index (κ2) is 5.97. The van der Waals surface area contributed by atoms with E-state index in [1.54, 1.807) is 0 Å². The zero-order valence-corrected chi connectivity index (χ0v) is 11.4. The zero-order valence-electron chi connectivity index (χ0n) is 11.4. The molecule has 0 atom stereocenters. The molecule has 1 aromatic rings. The van der Waals surface area contributed by atoms with Gasteiger partial charge in [-0.05, 0) is 31.5 Å². The van der Waals surface area contributed by atoms with E-state index in [4.69, 9.17) is 5.73 Å². The van der Waals surface area contributed by atoms with Gasteiger partial charge in [0.25, 0.3) is 0 Å². The molecule has 0 unspecified atom stereocenters. The van der Waals surface area contributed by atoms with Gasteiger partial charge in [-0.1, -0.05) is 12.1 Å². The lowest BCUT2D eigenvalue weighted by Crippen LogP contribution is -2.54. The number of carbonyl (C=O) groups excluding carboxylic acids is 1. The van der Waals surface area contributed by atoms with Crippen LogP contribution in [0.25, 0.3) is 0 Å². The number of nitrogens with zero attached hydrogens (tertiary/aromatic N) is 1. The highest BCUT2D eigenvalue weighted by atomic mass is 19.4. The lowest BCUT2D eigenvalue weighted by molar-refractivity contribution is -0.268. The van der Waals surface area contributed by atoms with E-state index in [-0.39, 0.29) is 12.2 Å². The summed E-state index contributed by atoms with van der Waals surface area (Å²) in [6, 6.07) is 4.63. The molecule has 1 amide bonds. The van der Waals surface area contributed by atoms with Crippen LogP contribution in [0.3, 0.4) is 0 Å². The maximum atomic E-state index is 13.2. The number of anilines is 1. The summed E-state index contributed by atoms with van der Waals surface area (Å²) in [4.78, 5) is 12.1. The maximum absolute atomic E-state index is 13.2. The molecule has 0 aliphatic heterocycles. The van der Waals surface area contributed by atoms with E-state index >= 15 is 0 Å². The summed E-state index contributed by atoms with van der Waals surface area (Å²) in [6.45, 7) is 2.89. The summed E-state index contributed by atoms with van der Waals surface area (Å²) in [5.74, 6) is -7.74. The number of alkyl halides is 5. The van der Waals surface area contributed by atoms with E-state index in [0.29, 0.717) is 10.5 Å². The van der Waals surface area contributed by atoms with Gasteiger partial charge in [0, 0.05) is 18.3 Å². The van der Waals surface area contributed by atoms with E-state index in [1.807, 2.05) is 0 Å². The molecule has 118 valence electrons. The third kappa shape index (κ3) is 3.49. The zero-order chi connectivity index (χ0) is 16.4. The number of hydrogen-bond donors (Lipinski definition) is 1. The van der Waals surface area contributed by atoms with Gasteiger partial charge in [0.15, 0.2) is 0 Å². The minimum Gasteiger partial charge on any atom is -0.326 e. The van der Waals surface area contributed by atoms with Gasteiger partial charge in [0.05, 0.1) is 0 Å². The van der Waals surface area contributed by atoms with Gasteiger partial charge < -0.3 is 10.6 Å². The van der Waals surface area contributed by atoms with Gasteiger partial charge in [-0.25, -0.2) is 0 Å². The molecule has 0 spiro atoms. The Morgan fingerprint density at radius 1 is 1.14 bits per heavy atom. The highest BCUT2D eigenvalue weighted by Crippen LogP contribution is 2.38. The number of halogens is 5. The number of hydrogen-bond acceptors (Lipinski definition) is 2. The second-order valence-electron chi connectivity index (χ2n) is 4.71. The Balaban J connectivity index is 3.20. The summed E-state index contributed by atoms with van der Waals surface area (Å²) in [5.41, 5.74) is 5.99. The standard InChI is InChI=1S/C13H15F5N2O/c1-8(2)20(10-5-3-9(7-19)4-6-10)11(21)12(14,15)13(16,17)18/h3-6,8H,7,19H2,1-2H3. The first-order chi connectivity index (χ1) is 9.52. The highest BCUT2D eigenvalue weighted by molar-refractivity contribution is 5.99. The van der Waals surface area contributed by atoms with Crippen LogP contribution >= 0.6 is 0 Å². The van der Waals surface area contributed by atoms with Gasteiger partial charge >= 0.3 is 18.0 Å². The smallest absolute Gasteiger partial charge is 0.326 e. The van der Waals surface area contributed by atoms with Crippen molar-refractivity contribution in [3.8, 4) is 0 Å². The van der Waals surface area contributed by atoms with Crippen LogP contribution in [-0.2, 0) is 11.3 Å². The molecule has 0 aromatic heterocycles. The van der Waals surface area contributed by atoms with Crippen LogP contribution in [0.1, 0.15) is 19.4 Å². The van der Waals surface area contributed by atoms with Gasteiger partial charge in [0.2, 0.25) is 0 Å². The molecule has 8 heteroatoms. The molecule has 0 saturated carbocycles. The summed E-state index contributed by atoms with van der Waals surface area (Å²) >= 11 is 0. The van der Waals surface area contributed by atoms with E-state index in [1.165, 1.54) is 38.1 Å². The Kier molecular flexibility index (Phi) is 4.93. The number of benzene rings is 1. The van der Waals surface area contributed by atoms with Crippen LogP contribution < -0.4 is 10.6 Å². The SMILES string of the molecule is CC(C)N(C(=O)C(F)(F)C(F)(F)F)c1ccc(CN)cc1. The Morgan fingerprint density at radius 2 is 1.62 bits per heavy atom. The van der Waals surface area contributed by atoms with Crippen molar-refractivity contribution in [2.45, 2.75) is 38.5 Å². The topological polar surface area (TPSA) is 46.3 Å². The highest BCUT2D eigenvalue weighted by Gasteiger charge is 2.65. The summed E-state index contributed by atoms with van der Waals surface area (Å²) in [5, 5.41) is 0. The number of rotatable bonds is 4. The molecule has 0 aliphatic rings. The van der Waals surface area contributed by atoms with Crippen LogP contribution in [0.4, 0.5) is 27.6 Å². The van der Waals surface area contributed by atoms with E-state index < -0.39 is 24.0 Å². The van der Waals surface area contributed by atoms with Crippen LogP contribution in [0.5, 0.6) is 0 Å². The van der Waals surface area contributed by atoms with Crippen molar-refractivity contribution in [1.82, 2.24) is 0 Å². The van der Waals surface area contributed by atoms with Crippen molar-refractivity contribution in [1.29, 1.82) is 0 Å². The Hall–Kier alpha value is -1.70. The minimum atomic E-state index is -5.94. The molecule has 3 nitrogen and oxygen atoms in total. The molecule has 1 aromatic carbocycles. The second-order valence-corrected chi connectivity index (χ2v) is 4.71. The molecular formula is C13H15F5N2O. The summed E-state index contributed by atoms with van der Waals surface area (Å²) < 4.78 is 63.4. The molecule has 0 radical (unpaired) electrons. The van der Waals surface area contributed by atoms with Crippen LogP contribution in [0, 0.1) is 0 Å². The molecule has 0 fully saturated rings. The van der Waals surface area contributed by atoms with Gasteiger partial charge in [0.1, 0.15) is 0 Å². The van der Waals surface area contributed by atoms with Crippen LogP contribution in [-0.4, -0.2) is 24.0 Å². The van der Waals surface area contributed by atoms with Crippen molar-refractivity contribution in [3.05, 3.63) is 29.8 Å². The van der Waals surface area contributed by atoms with Crippen molar-refractivity contribution >= 4 is 11.6 Å². The van der Waals surface area contributed by atoms with Gasteiger partial charge in [-0.15, -0.1) is 0 Å². The normalized spacial score (nSPS) is 12.6. The molecule has 2 N–H and O–H groups in total. The predicted octanol–water partition coefficient (Wildman–Crippen LogP) is 3.08. The van der Waals surface area contributed by atoms with Crippen LogP contribution in [0.15, 0.2) is 24.3 Å². The molecule has 0 heterocycles. The lowest BCUT2D eigenvalue weighted by atomic mass is 10.1. The van der Waals surface area contributed by atoms with Crippen molar-refractivity contribution in [3.63, 3.8) is 0 Å². The monoisotopic (exact) mass is 310 g/mol. The quantitative estimate of drug-likeness (QED) is 0.869. The Labute approximate surface area is 118 Å². The third-order valence-electron chi connectivity index (χ3n) is 2.81.